The highest BCUT2D eigenvalue weighted by Crippen LogP contribution is 2.38. The number of aromatic nitrogens is 3. The highest BCUT2D eigenvalue weighted by Gasteiger charge is 2.44. The van der Waals surface area contributed by atoms with Crippen molar-refractivity contribution in [1.82, 2.24) is 24.7 Å². The highest BCUT2D eigenvalue weighted by molar-refractivity contribution is 5.85. The predicted octanol–water partition coefficient (Wildman–Crippen LogP) is 3.55. The Morgan fingerprint density at radius 2 is 1.84 bits per heavy atom. The topological polar surface area (TPSA) is 123 Å². The minimum absolute atomic E-state index is 0. The summed E-state index contributed by atoms with van der Waals surface area (Å²) in [6, 6.07) is 6.15. The van der Waals surface area contributed by atoms with Gasteiger partial charge < -0.3 is 19.5 Å². The van der Waals surface area contributed by atoms with E-state index in [2.05, 4.69) is 15.6 Å². The van der Waals surface area contributed by atoms with Crippen LogP contribution in [0.3, 0.4) is 0 Å². The van der Waals surface area contributed by atoms with Gasteiger partial charge in [-0.3, -0.25) is 10.2 Å². The fraction of sp³-hybridized carbons (Fsp3) is 0.385. The average molecular weight is 653 g/mol. The number of hydrogen-bond donors (Lipinski definition) is 2. The van der Waals surface area contributed by atoms with Gasteiger partial charge in [0, 0.05) is 25.0 Å². The van der Waals surface area contributed by atoms with Crippen LogP contribution in [0.5, 0.6) is 5.75 Å². The summed E-state index contributed by atoms with van der Waals surface area (Å²) in [7, 11) is 0. The van der Waals surface area contributed by atoms with Gasteiger partial charge >= 0.3 is 24.0 Å². The quantitative estimate of drug-likeness (QED) is 0.225. The summed E-state index contributed by atoms with van der Waals surface area (Å²) in [6.45, 7) is 0.860. The van der Waals surface area contributed by atoms with Crippen LogP contribution in [0, 0.1) is 11.6 Å². The summed E-state index contributed by atoms with van der Waals surface area (Å²) in [5, 5.41) is 20.1. The highest BCUT2D eigenvalue weighted by atomic mass is 35.5. The number of ether oxygens (including phenoxy) is 2. The number of carbonyl (C=O) groups excluding carboxylic acids is 1. The third-order valence-electron chi connectivity index (χ3n) is 6.70. The predicted molar refractivity (Wildman–Crippen MR) is 145 cm³/mol. The van der Waals surface area contributed by atoms with Crippen molar-refractivity contribution in [1.29, 1.82) is 0 Å². The monoisotopic (exact) mass is 652 g/mol. The van der Waals surface area contributed by atoms with Crippen LogP contribution in [0.2, 0.25) is 0 Å². The number of benzene rings is 2. The van der Waals surface area contributed by atoms with E-state index >= 15 is 4.39 Å². The van der Waals surface area contributed by atoms with Gasteiger partial charge in [-0.15, -0.1) is 12.4 Å². The number of halogens is 7. The van der Waals surface area contributed by atoms with Crippen molar-refractivity contribution in [3.05, 3.63) is 76.5 Å². The van der Waals surface area contributed by atoms with E-state index in [4.69, 9.17) is 9.47 Å². The molecule has 2 heterocycles. The number of aliphatic hydroxyl groups is 1. The lowest BCUT2D eigenvalue weighted by molar-refractivity contribution is -0.148. The third-order valence-corrected chi connectivity index (χ3v) is 6.70. The van der Waals surface area contributed by atoms with Gasteiger partial charge in [0.1, 0.15) is 41.8 Å². The summed E-state index contributed by atoms with van der Waals surface area (Å²) in [5.41, 5.74) is -0.597. The number of carbonyl (C=O) groups is 1. The Kier molecular flexibility index (Phi) is 10.6. The first-order valence-corrected chi connectivity index (χ1v) is 12.6. The molecule has 2 aromatic carbocycles. The van der Waals surface area contributed by atoms with Crippen LogP contribution in [0.25, 0.3) is 5.69 Å². The van der Waals surface area contributed by atoms with Gasteiger partial charge in [0.25, 0.3) is 0 Å². The molecule has 240 valence electrons. The van der Waals surface area contributed by atoms with Crippen LogP contribution in [-0.2, 0) is 15.1 Å². The molecule has 44 heavy (non-hydrogen) atoms. The van der Waals surface area contributed by atoms with Crippen LogP contribution in [-0.4, -0.2) is 68.5 Å². The number of nitrogens with one attached hydrogen (secondary N) is 1. The first-order valence-electron chi connectivity index (χ1n) is 12.6. The minimum atomic E-state index is -4.36. The van der Waals surface area contributed by atoms with Gasteiger partial charge in [0.2, 0.25) is 0 Å². The Bertz CT molecular complexity index is 1550. The van der Waals surface area contributed by atoms with E-state index in [0.29, 0.717) is 6.07 Å². The van der Waals surface area contributed by atoms with Crippen LogP contribution >= 0.6 is 12.4 Å². The van der Waals surface area contributed by atoms with E-state index in [1.807, 2.05) is 0 Å². The van der Waals surface area contributed by atoms with Crippen LogP contribution in [0.4, 0.5) is 26.3 Å². The number of alkyl halides is 4. The van der Waals surface area contributed by atoms with E-state index in [-0.39, 0.29) is 48.6 Å². The van der Waals surface area contributed by atoms with Crippen molar-refractivity contribution in [3.8, 4) is 11.4 Å². The van der Waals surface area contributed by atoms with Gasteiger partial charge in [-0.1, -0.05) is 6.07 Å². The molecule has 1 aliphatic rings. The molecule has 0 radical (unpaired) electrons. The fourth-order valence-corrected chi connectivity index (χ4v) is 4.27. The van der Waals surface area contributed by atoms with E-state index in [1.54, 1.807) is 0 Å². The first-order chi connectivity index (χ1) is 20.2. The second kappa shape index (κ2) is 13.6. The maximum Gasteiger partial charge on any atom is 0.350 e. The lowest BCUT2D eigenvalue weighted by Gasteiger charge is -2.35. The number of hydrogen-bond acceptors (Lipinski definition) is 9. The zero-order valence-corrected chi connectivity index (χ0v) is 23.9. The normalized spacial score (nSPS) is 15.2. The number of rotatable bonds is 12. The summed E-state index contributed by atoms with van der Waals surface area (Å²) < 4.78 is 91.5. The standard InChI is InChI=1S/C26H26F6N6O5.ClH/c1-15(38-24(40)37(13-34-38)18-4-6-19(7-5-18)42-11-26(31,32)23(29)30)25(41,20-8-3-17(27)9-21(20)28)10-22-35-33-12-36(22)14-43-16(2)39;/h3-9,13,15,23,33,41H,10-12,14H2,1-2H3;1H/t15-,25+;/m1./s1. The van der Waals surface area contributed by atoms with Gasteiger partial charge in [-0.05, 0) is 37.3 Å². The molecule has 4 rings (SSSR count). The van der Waals surface area contributed by atoms with E-state index in [0.717, 1.165) is 27.7 Å². The summed E-state index contributed by atoms with van der Waals surface area (Å²) in [5.74, 6) is -6.97. The number of amidine groups is 1. The van der Waals surface area contributed by atoms with Gasteiger partial charge in [0.05, 0.1) is 11.7 Å². The Balaban J connectivity index is 0.00000529. The molecule has 2 N–H and O–H groups in total. The molecule has 18 heteroatoms. The van der Waals surface area contributed by atoms with Crippen LogP contribution in [0.15, 0.2) is 58.7 Å². The minimum Gasteiger partial charge on any atom is -0.487 e. The Morgan fingerprint density at radius 3 is 2.45 bits per heavy atom. The van der Waals surface area contributed by atoms with Crippen molar-refractivity contribution in [2.24, 2.45) is 5.10 Å². The van der Waals surface area contributed by atoms with Gasteiger partial charge in [0.15, 0.2) is 13.3 Å². The van der Waals surface area contributed by atoms with E-state index in [9.17, 15) is 36.6 Å². The molecular weight excluding hydrogens is 626 g/mol. The maximum atomic E-state index is 15.1. The Morgan fingerprint density at radius 1 is 1.16 bits per heavy atom. The number of hydrazone groups is 1. The zero-order chi connectivity index (χ0) is 31.5. The van der Waals surface area contributed by atoms with Crippen molar-refractivity contribution in [2.75, 3.05) is 20.0 Å². The molecule has 0 bridgehead atoms. The van der Waals surface area contributed by atoms with Crippen molar-refractivity contribution < 1.29 is 45.7 Å². The zero-order valence-electron chi connectivity index (χ0n) is 23.1. The Hall–Kier alpha value is -4.25. The van der Waals surface area contributed by atoms with Crippen molar-refractivity contribution in [3.63, 3.8) is 0 Å². The summed E-state index contributed by atoms with van der Waals surface area (Å²) in [4.78, 5) is 26.1. The van der Waals surface area contributed by atoms with Crippen molar-refractivity contribution >= 4 is 24.2 Å². The van der Waals surface area contributed by atoms with E-state index in [1.165, 1.54) is 43.0 Å². The molecule has 0 amide bonds. The lowest BCUT2D eigenvalue weighted by Crippen LogP contribution is -2.45. The molecule has 0 aliphatic carbocycles. The number of nitrogens with zero attached hydrogens (tertiary/aromatic N) is 5. The molecule has 11 nitrogen and oxygen atoms in total. The second-order valence-corrected chi connectivity index (χ2v) is 9.62. The summed E-state index contributed by atoms with van der Waals surface area (Å²) >= 11 is 0. The summed E-state index contributed by atoms with van der Waals surface area (Å²) in [6.07, 6.45) is -3.25. The average Bonchev–Trinajstić information content (AvgIpc) is 3.56. The SMILES string of the molecule is CC(=O)OCN1CNN=C1C[C@@](O)(c1ccc(F)cc1F)[C@@H](C)n1ncn(-c2ccc(OCC(F)(F)C(F)F)cc2)c1=O.Cl. The van der Waals surface area contributed by atoms with Crippen molar-refractivity contribution in [2.45, 2.75) is 44.3 Å². The second-order valence-electron chi connectivity index (χ2n) is 9.62. The van der Waals surface area contributed by atoms with E-state index < -0.39 is 60.3 Å². The Labute approximate surface area is 252 Å². The van der Waals surface area contributed by atoms with Gasteiger partial charge in [-0.2, -0.15) is 19.0 Å². The molecule has 1 aliphatic heterocycles. The molecule has 0 saturated heterocycles. The molecule has 0 spiro atoms. The fourth-order valence-electron chi connectivity index (χ4n) is 4.27. The third kappa shape index (κ3) is 7.27. The number of esters is 1. The largest absolute Gasteiger partial charge is 0.487 e. The van der Waals surface area contributed by atoms with Crippen LogP contribution in [0.1, 0.15) is 31.9 Å². The first kappa shape index (κ1) is 34.2. The van der Waals surface area contributed by atoms with Gasteiger partial charge in [-0.25, -0.2) is 31.6 Å². The molecular formula is C26H27ClF6N6O5. The molecule has 0 saturated carbocycles. The lowest BCUT2D eigenvalue weighted by atomic mass is 9.83. The smallest absolute Gasteiger partial charge is 0.350 e. The molecule has 0 unspecified atom stereocenters. The molecule has 3 aromatic rings. The molecule has 1 aromatic heterocycles. The molecule has 0 fully saturated rings. The maximum absolute atomic E-state index is 15.1. The molecule has 2 atom stereocenters. The van der Waals surface area contributed by atoms with Crippen LogP contribution < -0.4 is 15.9 Å².